The molecule has 5 rings (SSSR count). The number of oxazole rings is 1. The summed E-state index contributed by atoms with van der Waals surface area (Å²) in [5, 5.41) is 5.16. The van der Waals surface area contributed by atoms with Crippen molar-refractivity contribution in [2.45, 2.75) is 32.1 Å². The van der Waals surface area contributed by atoms with Gasteiger partial charge in [0.25, 0.3) is 11.9 Å². The van der Waals surface area contributed by atoms with Gasteiger partial charge in [0.2, 0.25) is 5.76 Å². The summed E-state index contributed by atoms with van der Waals surface area (Å²) in [6.45, 7) is 2.08. The minimum absolute atomic E-state index is 0.187. The number of urea groups is 1. The number of carbonyl (C=O) groups excluding carboxylic acids is 2. The SMILES string of the molecule is O=C(Nc1ccc(N2CCN(C(=O)Nc3ccccc3CF)CC2)nc1)c1oc(N2CCCCC2)nc1C(F)(F)F. The van der Waals surface area contributed by atoms with Gasteiger partial charge in [-0.2, -0.15) is 18.2 Å². The number of piperidine rings is 1. The van der Waals surface area contributed by atoms with Crippen LogP contribution in [0.4, 0.5) is 45.6 Å². The third-order valence-corrected chi connectivity index (χ3v) is 7.02. The normalized spacial score (nSPS) is 16.0. The molecule has 2 aliphatic heterocycles. The number of carbonyl (C=O) groups is 2. The number of rotatable bonds is 6. The number of aromatic nitrogens is 2. The van der Waals surface area contributed by atoms with Crippen LogP contribution in [0.2, 0.25) is 0 Å². The lowest BCUT2D eigenvalue weighted by molar-refractivity contribution is -0.141. The molecule has 3 amide bonds. The van der Waals surface area contributed by atoms with Gasteiger partial charge in [-0.1, -0.05) is 18.2 Å². The Kier molecular flexibility index (Phi) is 8.26. The van der Waals surface area contributed by atoms with Crippen molar-refractivity contribution in [2.75, 3.05) is 59.7 Å². The monoisotopic (exact) mass is 575 g/mol. The second-order valence-corrected chi connectivity index (χ2v) is 9.77. The summed E-state index contributed by atoms with van der Waals surface area (Å²) >= 11 is 0. The second kappa shape index (κ2) is 12.0. The summed E-state index contributed by atoms with van der Waals surface area (Å²) in [5.74, 6) is -1.39. The molecule has 41 heavy (non-hydrogen) atoms. The molecule has 2 N–H and O–H groups in total. The predicted octanol–water partition coefficient (Wildman–Crippen LogP) is 5.15. The number of nitrogens with zero attached hydrogens (tertiary/aromatic N) is 5. The number of pyridine rings is 1. The van der Waals surface area contributed by atoms with Crippen LogP contribution in [-0.4, -0.2) is 66.1 Å². The Morgan fingerprint density at radius 2 is 1.63 bits per heavy atom. The molecule has 0 bridgehead atoms. The van der Waals surface area contributed by atoms with Crippen molar-refractivity contribution >= 4 is 35.1 Å². The first-order valence-corrected chi connectivity index (χ1v) is 13.3. The third kappa shape index (κ3) is 6.52. The first-order valence-electron chi connectivity index (χ1n) is 13.3. The smallest absolute Gasteiger partial charge is 0.417 e. The average Bonchev–Trinajstić information content (AvgIpc) is 3.45. The highest BCUT2D eigenvalue weighted by atomic mass is 19.4. The van der Waals surface area contributed by atoms with E-state index in [9.17, 15) is 27.2 Å². The van der Waals surface area contributed by atoms with Gasteiger partial charge < -0.3 is 29.8 Å². The minimum Gasteiger partial charge on any atom is -0.417 e. The number of nitrogens with one attached hydrogen (secondary N) is 2. The second-order valence-electron chi connectivity index (χ2n) is 9.77. The van der Waals surface area contributed by atoms with E-state index in [0.29, 0.717) is 56.3 Å². The van der Waals surface area contributed by atoms with E-state index < -0.39 is 30.2 Å². The molecule has 0 atom stereocenters. The Morgan fingerprint density at radius 3 is 2.29 bits per heavy atom. The molecule has 1 aromatic carbocycles. The van der Waals surface area contributed by atoms with Crippen LogP contribution in [0.3, 0.4) is 0 Å². The molecule has 2 saturated heterocycles. The molecule has 0 saturated carbocycles. The highest BCUT2D eigenvalue weighted by Crippen LogP contribution is 2.35. The summed E-state index contributed by atoms with van der Waals surface area (Å²) in [6.07, 6.45) is -0.931. The van der Waals surface area contributed by atoms with E-state index in [1.165, 1.54) is 12.3 Å². The number of benzene rings is 1. The number of hydrogen-bond donors (Lipinski definition) is 2. The number of amides is 3. The van der Waals surface area contributed by atoms with Crippen LogP contribution < -0.4 is 20.4 Å². The molecular formula is C27H29F4N7O3. The van der Waals surface area contributed by atoms with Gasteiger partial charge in [0.1, 0.15) is 12.5 Å². The highest BCUT2D eigenvalue weighted by molar-refractivity contribution is 6.03. The zero-order valence-corrected chi connectivity index (χ0v) is 22.1. The van der Waals surface area contributed by atoms with Crippen LogP contribution >= 0.6 is 0 Å². The predicted molar refractivity (Wildman–Crippen MR) is 144 cm³/mol. The van der Waals surface area contributed by atoms with Gasteiger partial charge in [-0.05, 0) is 37.5 Å². The molecule has 218 valence electrons. The van der Waals surface area contributed by atoms with E-state index >= 15 is 0 Å². The maximum atomic E-state index is 13.6. The molecule has 2 aliphatic rings. The Hall–Kier alpha value is -4.36. The topological polar surface area (TPSA) is 107 Å². The standard InChI is InChI=1S/C27H29F4N7O3/c28-16-18-6-2-3-7-20(18)34-25(40)37-14-12-36(13-15-37)21-9-8-19(17-32-21)33-24(39)22-23(27(29,30)31)35-26(41-22)38-10-4-1-5-11-38/h2-3,6-9,17H,1,4-5,10-16H2,(H,33,39)(H,34,40). The summed E-state index contributed by atoms with van der Waals surface area (Å²) in [6, 6.07) is 9.30. The maximum absolute atomic E-state index is 13.6. The zero-order valence-electron chi connectivity index (χ0n) is 22.1. The fraction of sp³-hybridized carbons (Fsp3) is 0.407. The molecule has 0 aliphatic carbocycles. The Balaban J connectivity index is 1.19. The van der Waals surface area contributed by atoms with Crippen molar-refractivity contribution < 1.29 is 31.6 Å². The van der Waals surface area contributed by atoms with Gasteiger partial charge in [-0.3, -0.25) is 4.79 Å². The summed E-state index contributed by atoms with van der Waals surface area (Å²) in [4.78, 5) is 38.5. The third-order valence-electron chi connectivity index (χ3n) is 7.02. The zero-order chi connectivity index (χ0) is 29.0. The number of anilines is 4. The Morgan fingerprint density at radius 1 is 0.902 bits per heavy atom. The fourth-order valence-corrected chi connectivity index (χ4v) is 4.80. The van der Waals surface area contributed by atoms with Crippen LogP contribution in [0.25, 0.3) is 0 Å². The Bertz CT molecular complexity index is 1370. The van der Waals surface area contributed by atoms with Gasteiger partial charge in [0, 0.05) is 50.5 Å². The highest BCUT2D eigenvalue weighted by Gasteiger charge is 2.42. The van der Waals surface area contributed by atoms with Crippen LogP contribution in [-0.2, 0) is 12.9 Å². The van der Waals surface area contributed by atoms with Crippen molar-refractivity contribution in [2.24, 2.45) is 0 Å². The van der Waals surface area contributed by atoms with Crippen molar-refractivity contribution in [3.63, 3.8) is 0 Å². The van der Waals surface area contributed by atoms with E-state index in [1.807, 2.05) is 4.90 Å². The Labute approximate surface area is 233 Å². The van der Waals surface area contributed by atoms with Crippen molar-refractivity contribution in [3.8, 4) is 0 Å². The summed E-state index contributed by atoms with van der Waals surface area (Å²) in [7, 11) is 0. The van der Waals surface area contributed by atoms with Gasteiger partial charge in [-0.15, -0.1) is 0 Å². The van der Waals surface area contributed by atoms with E-state index in [2.05, 4.69) is 20.6 Å². The molecule has 3 aromatic rings. The fourth-order valence-electron chi connectivity index (χ4n) is 4.80. The molecule has 0 unspecified atom stereocenters. The minimum atomic E-state index is -4.86. The lowest BCUT2D eigenvalue weighted by atomic mass is 10.1. The van der Waals surface area contributed by atoms with Crippen LogP contribution in [0, 0.1) is 0 Å². The molecular weight excluding hydrogens is 546 g/mol. The van der Waals surface area contributed by atoms with E-state index in [-0.39, 0.29) is 17.7 Å². The number of hydrogen-bond acceptors (Lipinski definition) is 7. The van der Waals surface area contributed by atoms with Crippen LogP contribution in [0.5, 0.6) is 0 Å². The number of alkyl halides is 4. The summed E-state index contributed by atoms with van der Waals surface area (Å²) in [5.41, 5.74) is -0.351. The summed E-state index contributed by atoms with van der Waals surface area (Å²) < 4.78 is 59.4. The molecule has 10 nitrogen and oxygen atoms in total. The van der Waals surface area contributed by atoms with E-state index in [4.69, 9.17) is 4.42 Å². The van der Waals surface area contributed by atoms with Crippen LogP contribution in [0.15, 0.2) is 47.0 Å². The van der Waals surface area contributed by atoms with Crippen molar-refractivity contribution in [1.82, 2.24) is 14.9 Å². The quantitative estimate of drug-likeness (QED) is 0.392. The molecule has 2 aromatic heterocycles. The molecule has 2 fully saturated rings. The van der Waals surface area contributed by atoms with Gasteiger partial charge >= 0.3 is 12.2 Å². The van der Waals surface area contributed by atoms with Gasteiger partial charge in [0.15, 0.2) is 5.69 Å². The lowest BCUT2D eigenvalue weighted by Crippen LogP contribution is -2.50. The van der Waals surface area contributed by atoms with E-state index in [1.54, 1.807) is 40.1 Å². The lowest BCUT2D eigenvalue weighted by Gasteiger charge is -2.35. The molecule has 14 heteroatoms. The van der Waals surface area contributed by atoms with Crippen LogP contribution in [0.1, 0.15) is 41.1 Å². The molecule has 0 radical (unpaired) electrons. The first kappa shape index (κ1) is 28.2. The molecule has 4 heterocycles. The maximum Gasteiger partial charge on any atom is 0.437 e. The van der Waals surface area contributed by atoms with Gasteiger partial charge in [-0.25, -0.2) is 14.2 Å². The van der Waals surface area contributed by atoms with E-state index in [0.717, 1.165) is 19.3 Å². The first-order chi connectivity index (χ1) is 19.7. The number of halogens is 4. The van der Waals surface area contributed by atoms with Crippen molar-refractivity contribution in [3.05, 3.63) is 59.6 Å². The largest absolute Gasteiger partial charge is 0.437 e. The number of para-hydroxylation sites is 1. The number of piperazine rings is 1. The van der Waals surface area contributed by atoms with Gasteiger partial charge in [0.05, 0.1) is 11.9 Å². The average molecular weight is 576 g/mol. The van der Waals surface area contributed by atoms with Crippen molar-refractivity contribution in [1.29, 1.82) is 0 Å². The molecule has 0 spiro atoms.